The molecule has 3 rings (SSSR count). The molecule has 1 unspecified atom stereocenters. The van der Waals surface area contributed by atoms with Crippen LogP contribution in [0.2, 0.25) is 0 Å². The van der Waals surface area contributed by atoms with E-state index in [9.17, 15) is 14.4 Å². The number of methoxy groups -OCH3 is 1. The fourth-order valence-electron chi connectivity index (χ4n) is 3.50. The van der Waals surface area contributed by atoms with Crippen molar-refractivity contribution in [1.82, 2.24) is 16.2 Å². The molecule has 1 heterocycles. The zero-order valence-electron chi connectivity index (χ0n) is 18.7. The number of rotatable bonds is 7. The van der Waals surface area contributed by atoms with E-state index in [1.165, 1.54) is 41.0 Å². The average Bonchev–Trinajstić information content (AvgIpc) is 3.18. The molecule has 0 radical (unpaired) electrons. The zero-order chi connectivity index (χ0) is 23.3. The van der Waals surface area contributed by atoms with Gasteiger partial charge in [0.25, 0.3) is 17.7 Å². The molecule has 0 saturated carbocycles. The van der Waals surface area contributed by atoms with E-state index in [2.05, 4.69) is 23.1 Å². The first kappa shape index (κ1) is 23.6. The Morgan fingerprint density at radius 3 is 2.59 bits per heavy atom. The Labute approximate surface area is 191 Å². The van der Waals surface area contributed by atoms with Crippen LogP contribution in [-0.2, 0) is 17.6 Å². The minimum atomic E-state index is -0.490. The lowest BCUT2D eigenvalue weighted by Gasteiger charge is -2.16. The Balaban J connectivity index is 1.58. The zero-order valence-corrected chi connectivity index (χ0v) is 19.6. The Kier molecular flexibility index (Phi) is 7.74. The third kappa shape index (κ3) is 6.00. The van der Waals surface area contributed by atoms with Gasteiger partial charge < -0.3 is 14.8 Å². The summed E-state index contributed by atoms with van der Waals surface area (Å²) < 4.78 is 10.8. The van der Waals surface area contributed by atoms with E-state index in [4.69, 9.17) is 9.47 Å². The SMILES string of the molecule is COc1cc(C(=O)NNC(=O)c2cc3c(s2)CCC(C)C3)ccc1OCC(=O)NC(C)C. The van der Waals surface area contributed by atoms with Gasteiger partial charge >= 0.3 is 0 Å². The maximum Gasteiger partial charge on any atom is 0.279 e. The van der Waals surface area contributed by atoms with Crippen LogP contribution in [-0.4, -0.2) is 37.5 Å². The van der Waals surface area contributed by atoms with Crippen LogP contribution in [0.15, 0.2) is 24.3 Å². The molecular weight excluding hydrogens is 430 g/mol. The standard InChI is InChI=1S/C23H29N3O5S/c1-13(2)24-21(27)12-31-17-7-6-15(10-18(17)30-4)22(28)25-26-23(29)20-11-16-9-14(3)5-8-19(16)32-20/h6-7,10-11,13-14H,5,8-9,12H2,1-4H3,(H,24,27)(H,25,28)(H,26,29). The number of carbonyl (C=O) groups excluding carboxylic acids is 3. The van der Waals surface area contributed by atoms with Crippen LogP contribution in [0.3, 0.4) is 0 Å². The van der Waals surface area contributed by atoms with Gasteiger partial charge in [-0.1, -0.05) is 6.92 Å². The number of hydrazine groups is 1. The second-order valence-electron chi connectivity index (χ2n) is 8.19. The van der Waals surface area contributed by atoms with Crippen molar-refractivity contribution >= 4 is 29.1 Å². The van der Waals surface area contributed by atoms with E-state index in [1.807, 2.05) is 19.9 Å². The van der Waals surface area contributed by atoms with Crippen molar-refractivity contribution in [3.63, 3.8) is 0 Å². The Hall–Kier alpha value is -3.07. The Morgan fingerprint density at radius 2 is 1.88 bits per heavy atom. The topological polar surface area (TPSA) is 106 Å². The van der Waals surface area contributed by atoms with Crippen molar-refractivity contribution < 1.29 is 23.9 Å². The summed E-state index contributed by atoms with van der Waals surface area (Å²) in [5.74, 6) is 0.187. The molecule has 0 saturated heterocycles. The molecule has 1 aromatic carbocycles. The van der Waals surface area contributed by atoms with Gasteiger partial charge in [0, 0.05) is 16.5 Å². The smallest absolute Gasteiger partial charge is 0.279 e. The molecule has 32 heavy (non-hydrogen) atoms. The van der Waals surface area contributed by atoms with Crippen molar-refractivity contribution in [2.24, 2.45) is 5.92 Å². The van der Waals surface area contributed by atoms with Crippen LogP contribution in [0.5, 0.6) is 11.5 Å². The van der Waals surface area contributed by atoms with E-state index in [-0.39, 0.29) is 30.0 Å². The first-order chi connectivity index (χ1) is 15.3. The van der Waals surface area contributed by atoms with Crippen molar-refractivity contribution in [3.05, 3.63) is 45.1 Å². The third-order valence-electron chi connectivity index (χ3n) is 5.08. The highest BCUT2D eigenvalue weighted by molar-refractivity contribution is 7.14. The highest BCUT2D eigenvalue weighted by atomic mass is 32.1. The first-order valence-electron chi connectivity index (χ1n) is 10.6. The molecule has 172 valence electrons. The number of benzene rings is 1. The minimum absolute atomic E-state index is 0.0115. The molecule has 2 aromatic rings. The molecule has 0 aliphatic heterocycles. The lowest BCUT2D eigenvalue weighted by molar-refractivity contribution is -0.123. The van der Waals surface area contributed by atoms with Crippen molar-refractivity contribution in [3.8, 4) is 11.5 Å². The Bertz CT molecular complexity index is 1000. The van der Waals surface area contributed by atoms with Gasteiger partial charge in [-0.15, -0.1) is 11.3 Å². The van der Waals surface area contributed by atoms with Gasteiger partial charge in [-0.25, -0.2) is 0 Å². The van der Waals surface area contributed by atoms with Crippen LogP contribution in [0.4, 0.5) is 0 Å². The number of nitrogens with one attached hydrogen (secondary N) is 3. The molecule has 0 bridgehead atoms. The normalized spacial score (nSPS) is 15.0. The number of thiophene rings is 1. The summed E-state index contributed by atoms with van der Waals surface area (Å²) in [4.78, 5) is 38.6. The summed E-state index contributed by atoms with van der Waals surface area (Å²) in [5.41, 5.74) is 6.42. The van der Waals surface area contributed by atoms with E-state index in [0.717, 1.165) is 19.3 Å². The predicted molar refractivity (Wildman–Crippen MR) is 122 cm³/mol. The number of hydrogen-bond donors (Lipinski definition) is 3. The highest BCUT2D eigenvalue weighted by Gasteiger charge is 2.21. The first-order valence-corrected chi connectivity index (χ1v) is 11.4. The monoisotopic (exact) mass is 459 g/mol. The summed E-state index contributed by atoms with van der Waals surface area (Å²) in [6.07, 6.45) is 3.11. The second-order valence-corrected chi connectivity index (χ2v) is 9.33. The van der Waals surface area contributed by atoms with Gasteiger partial charge in [0.15, 0.2) is 18.1 Å². The predicted octanol–water partition coefficient (Wildman–Crippen LogP) is 2.86. The van der Waals surface area contributed by atoms with Gasteiger partial charge in [0.1, 0.15) is 0 Å². The molecule has 0 fully saturated rings. The summed E-state index contributed by atoms with van der Waals surface area (Å²) >= 11 is 1.48. The number of fused-ring (bicyclic) bond motifs is 1. The van der Waals surface area contributed by atoms with Crippen molar-refractivity contribution in [2.75, 3.05) is 13.7 Å². The fraction of sp³-hybridized carbons (Fsp3) is 0.435. The van der Waals surface area contributed by atoms with Gasteiger partial charge in [0.05, 0.1) is 12.0 Å². The largest absolute Gasteiger partial charge is 0.493 e. The number of aryl methyl sites for hydroxylation is 1. The molecule has 3 N–H and O–H groups in total. The highest BCUT2D eigenvalue weighted by Crippen LogP contribution is 2.32. The molecule has 1 atom stereocenters. The lowest BCUT2D eigenvalue weighted by Crippen LogP contribution is -2.41. The van der Waals surface area contributed by atoms with E-state index in [1.54, 1.807) is 6.07 Å². The molecule has 1 aromatic heterocycles. The van der Waals surface area contributed by atoms with Crippen LogP contribution in [0.1, 0.15) is 57.7 Å². The molecule has 9 heteroatoms. The van der Waals surface area contributed by atoms with E-state index in [0.29, 0.717) is 22.3 Å². The molecular formula is C23H29N3O5S. The summed E-state index contributed by atoms with van der Waals surface area (Å²) in [6, 6.07) is 6.50. The van der Waals surface area contributed by atoms with Gasteiger partial charge in [0.2, 0.25) is 0 Å². The molecule has 3 amide bonds. The van der Waals surface area contributed by atoms with Gasteiger partial charge in [-0.2, -0.15) is 0 Å². The van der Waals surface area contributed by atoms with Crippen LogP contribution < -0.4 is 25.6 Å². The van der Waals surface area contributed by atoms with Crippen molar-refractivity contribution in [2.45, 2.75) is 46.1 Å². The van der Waals surface area contributed by atoms with Gasteiger partial charge in [-0.05, 0) is 68.9 Å². The lowest BCUT2D eigenvalue weighted by atomic mass is 9.90. The summed E-state index contributed by atoms with van der Waals surface area (Å²) in [6.45, 7) is 5.76. The molecule has 1 aliphatic carbocycles. The number of ether oxygens (including phenoxy) is 2. The average molecular weight is 460 g/mol. The third-order valence-corrected chi connectivity index (χ3v) is 6.31. The maximum atomic E-state index is 12.5. The van der Waals surface area contributed by atoms with Gasteiger partial charge in [-0.3, -0.25) is 25.2 Å². The maximum absolute atomic E-state index is 12.5. The van der Waals surface area contributed by atoms with Crippen LogP contribution in [0.25, 0.3) is 0 Å². The number of carbonyl (C=O) groups is 3. The van der Waals surface area contributed by atoms with Crippen molar-refractivity contribution in [1.29, 1.82) is 0 Å². The molecule has 1 aliphatic rings. The molecule has 0 spiro atoms. The second kappa shape index (κ2) is 10.5. The summed E-state index contributed by atoms with van der Waals surface area (Å²) in [5, 5.41) is 2.73. The van der Waals surface area contributed by atoms with E-state index >= 15 is 0 Å². The summed E-state index contributed by atoms with van der Waals surface area (Å²) in [7, 11) is 1.44. The molecule has 8 nitrogen and oxygen atoms in total. The Morgan fingerprint density at radius 1 is 1.12 bits per heavy atom. The quantitative estimate of drug-likeness (QED) is 0.552. The minimum Gasteiger partial charge on any atom is -0.493 e. The van der Waals surface area contributed by atoms with Crippen LogP contribution in [0, 0.1) is 5.92 Å². The fourth-order valence-corrected chi connectivity index (χ4v) is 4.60. The number of hydrogen-bond acceptors (Lipinski definition) is 6. The van der Waals surface area contributed by atoms with Crippen LogP contribution >= 0.6 is 11.3 Å². The number of amides is 3. The van der Waals surface area contributed by atoms with E-state index < -0.39 is 5.91 Å².